The van der Waals surface area contributed by atoms with Gasteiger partial charge in [0.05, 0.1) is 0 Å². The molecular weight excluding hydrogens is 260 g/mol. The maximum Gasteiger partial charge on any atom is 0.331 e. The number of urea groups is 1. The van der Waals surface area contributed by atoms with Crippen molar-refractivity contribution in [1.82, 2.24) is 10.0 Å². The number of carbonyl (C=O) groups is 2. The van der Waals surface area contributed by atoms with Crippen molar-refractivity contribution in [1.29, 1.82) is 0 Å². The fourth-order valence-electron chi connectivity index (χ4n) is 1.38. The summed E-state index contributed by atoms with van der Waals surface area (Å²) in [4.78, 5) is 24.1. The Morgan fingerprint density at radius 3 is 2.05 bits per heavy atom. The number of amides is 3. The Labute approximate surface area is 115 Å². The molecule has 3 amide bonds. The van der Waals surface area contributed by atoms with Crippen LogP contribution in [0.3, 0.4) is 0 Å². The summed E-state index contributed by atoms with van der Waals surface area (Å²) in [5.41, 5.74) is 0.447. The van der Waals surface area contributed by atoms with E-state index in [1.807, 2.05) is 36.4 Å². The summed E-state index contributed by atoms with van der Waals surface area (Å²) in [6, 6.07) is 17.4. The maximum absolute atomic E-state index is 11.7. The number of benzene rings is 2. The molecule has 0 spiro atoms. The van der Waals surface area contributed by atoms with Crippen LogP contribution in [-0.4, -0.2) is 11.9 Å². The number of carbonyl (C=O) groups excluding carboxylic acids is 2. The summed E-state index contributed by atoms with van der Waals surface area (Å²) in [5.74, 6) is -0.424. The second kappa shape index (κ2) is 6.61. The van der Waals surface area contributed by atoms with Gasteiger partial charge in [0.1, 0.15) is 0 Å². The molecule has 0 unspecified atom stereocenters. The molecule has 0 radical (unpaired) electrons. The summed E-state index contributed by atoms with van der Waals surface area (Å²) in [6.07, 6.45) is 0. The molecule has 0 heterocycles. The average molecular weight is 272 g/mol. The topological polar surface area (TPSA) is 58.2 Å². The van der Waals surface area contributed by atoms with Crippen LogP contribution in [0.2, 0.25) is 0 Å². The highest BCUT2D eigenvalue weighted by Gasteiger charge is 2.09. The predicted molar refractivity (Wildman–Crippen MR) is 74.7 cm³/mol. The molecule has 0 aliphatic carbocycles. The van der Waals surface area contributed by atoms with Crippen molar-refractivity contribution >= 4 is 23.9 Å². The van der Waals surface area contributed by atoms with Gasteiger partial charge in [-0.2, -0.15) is 0 Å². The highest BCUT2D eigenvalue weighted by Crippen LogP contribution is 2.12. The monoisotopic (exact) mass is 272 g/mol. The molecule has 2 aromatic rings. The van der Waals surface area contributed by atoms with Gasteiger partial charge in [0, 0.05) is 10.5 Å². The van der Waals surface area contributed by atoms with Gasteiger partial charge in [0.15, 0.2) is 0 Å². The first-order chi connectivity index (χ1) is 9.25. The number of imide groups is 1. The lowest BCUT2D eigenvalue weighted by Gasteiger charge is -2.05. The quantitative estimate of drug-likeness (QED) is 0.845. The van der Waals surface area contributed by atoms with Crippen LogP contribution in [0.25, 0.3) is 0 Å². The van der Waals surface area contributed by atoms with Gasteiger partial charge in [-0.05, 0) is 36.2 Å². The van der Waals surface area contributed by atoms with Gasteiger partial charge in [-0.15, -0.1) is 0 Å². The van der Waals surface area contributed by atoms with Crippen molar-refractivity contribution in [3.63, 3.8) is 0 Å². The van der Waals surface area contributed by atoms with Crippen molar-refractivity contribution in [2.24, 2.45) is 0 Å². The number of rotatable bonds is 3. The second-order valence-corrected chi connectivity index (χ2v) is 4.55. The highest BCUT2D eigenvalue weighted by atomic mass is 32.2. The van der Waals surface area contributed by atoms with Crippen molar-refractivity contribution < 1.29 is 9.59 Å². The zero-order valence-corrected chi connectivity index (χ0v) is 10.8. The van der Waals surface area contributed by atoms with Crippen LogP contribution >= 0.6 is 11.9 Å². The largest absolute Gasteiger partial charge is 0.331 e. The first kappa shape index (κ1) is 13.2. The summed E-state index contributed by atoms with van der Waals surface area (Å²) < 4.78 is 2.55. The maximum atomic E-state index is 11.7. The standard InChI is InChI=1S/C14H12N2O2S/c17-13(11-7-3-1-4-8-11)15-14(18)16-19-12-9-5-2-6-10-12/h1-10H,(H2,15,16,17,18). The van der Waals surface area contributed by atoms with Crippen molar-refractivity contribution in [2.75, 3.05) is 0 Å². The average Bonchev–Trinajstić information content (AvgIpc) is 2.47. The number of nitrogens with one attached hydrogen (secondary N) is 2. The molecule has 96 valence electrons. The molecule has 19 heavy (non-hydrogen) atoms. The van der Waals surface area contributed by atoms with E-state index >= 15 is 0 Å². The SMILES string of the molecule is O=C(NSc1ccccc1)NC(=O)c1ccccc1. The van der Waals surface area contributed by atoms with Gasteiger partial charge in [0.25, 0.3) is 5.91 Å². The van der Waals surface area contributed by atoms with E-state index in [0.717, 1.165) is 16.8 Å². The van der Waals surface area contributed by atoms with Gasteiger partial charge < -0.3 is 0 Å². The predicted octanol–water partition coefficient (Wildman–Crippen LogP) is 2.83. The van der Waals surface area contributed by atoms with Crippen molar-refractivity contribution in [3.05, 3.63) is 66.2 Å². The molecule has 0 saturated heterocycles. The summed E-state index contributed by atoms with van der Waals surface area (Å²) in [5, 5.41) is 2.26. The lowest BCUT2D eigenvalue weighted by atomic mass is 10.2. The highest BCUT2D eigenvalue weighted by molar-refractivity contribution is 7.98. The minimum absolute atomic E-state index is 0.424. The third-order valence-electron chi connectivity index (χ3n) is 2.27. The molecule has 0 bridgehead atoms. The van der Waals surface area contributed by atoms with Gasteiger partial charge >= 0.3 is 6.03 Å². The van der Waals surface area contributed by atoms with Gasteiger partial charge in [-0.25, -0.2) is 4.79 Å². The molecule has 4 nitrogen and oxygen atoms in total. The number of hydrogen-bond donors (Lipinski definition) is 2. The summed E-state index contributed by atoms with van der Waals surface area (Å²) >= 11 is 1.15. The van der Waals surface area contributed by atoms with Crippen molar-refractivity contribution in [3.8, 4) is 0 Å². The Hall–Kier alpha value is -2.27. The van der Waals surface area contributed by atoms with Crippen LogP contribution in [0.5, 0.6) is 0 Å². The lowest BCUT2D eigenvalue weighted by molar-refractivity contribution is 0.0965. The Bertz CT molecular complexity index is 558. The van der Waals surface area contributed by atoms with Gasteiger partial charge in [-0.3, -0.25) is 14.8 Å². The molecule has 0 aromatic heterocycles. The minimum Gasteiger partial charge on any atom is -0.277 e. The zero-order valence-electron chi connectivity index (χ0n) is 10.00. The molecule has 0 aliphatic heterocycles. The Morgan fingerprint density at radius 1 is 0.842 bits per heavy atom. The van der Waals surface area contributed by atoms with Crippen LogP contribution in [0.1, 0.15) is 10.4 Å². The third kappa shape index (κ3) is 4.15. The summed E-state index contributed by atoms with van der Waals surface area (Å²) in [7, 11) is 0. The Balaban J connectivity index is 1.83. The van der Waals surface area contributed by atoms with Crippen LogP contribution in [0.15, 0.2) is 65.6 Å². The van der Waals surface area contributed by atoms with Crippen LogP contribution < -0.4 is 10.0 Å². The Morgan fingerprint density at radius 2 is 1.42 bits per heavy atom. The van der Waals surface area contributed by atoms with E-state index in [4.69, 9.17) is 0 Å². The molecule has 5 heteroatoms. The van der Waals surface area contributed by atoms with E-state index < -0.39 is 11.9 Å². The smallest absolute Gasteiger partial charge is 0.277 e. The van der Waals surface area contributed by atoms with E-state index in [1.54, 1.807) is 24.3 Å². The first-order valence-electron chi connectivity index (χ1n) is 5.64. The molecule has 2 rings (SSSR count). The van der Waals surface area contributed by atoms with E-state index in [0.29, 0.717) is 5.56 Å². The van der Waals surface area contributed by atoms with Crippen LogP contribution in [0.4, 0.5) is 4.79 Å². The molecule has 0 aliphatic rings. The lowest BCUT2D eigenvalue weighted by Crippen LogP contribution is -2.36. The van der Waals surface area contributed by atoms with Gasteiger partial charge in [0.2, 0.25) is 0 Å². The number of hydrogen-bond acceptors (Lipinski definition) is 3. The normalized spacial score (nSPS) is 9.68. The second-order valence-electron chi connectivity index (χ2n) is 3.67. The molecule has 0 atom stereocenters. The molecular formula is C14H12N2O2S. The zero-order chi connectivity index (χ0) is 13.5. The van der Waals surface area contributed by atoms with E-state index in [1.165, 1.54) is 0 Å². The Kier molecular flexibility index (Phi) is 4.58. The first-order valence-corrected chi connectivity index (χ1v) is 6.45. The summed E-state index contributed by atoms with van der Waals surface area (Å²) in [6.45, 7) is 0. The molecule has 0 fully saturated rings. The molecule has 2 aromatic carbocycles. The molecule has 0 saturated carbocycles. The fraction of sp³-hybridized carbons (Fsp3) is 0. The molecule has 2 N–H and O–H groups in total. The van der Waals surface area contributed by atoms with Crippen LogP contribution in [0, 0.1) is 0 Å². The minimum atomic E-state index is -0.539. The third-order valence-corrected chi connectivity index (χ3v) is 3.06. The van der Waals surface area contributed by atoms with Crippen molar-refractivity contribution in [2.45, 2.75) is 4.90 Å². The fourth-order valence-corrected chi connectivity index (χ4v) is 1.94. The van der Waals surface area contributed by atoms with E-state index in [2.05, 4.69) is 10.0 Å². The van der Waals surface area contributed by atoms with E-state index in [9.17, 15) is 9.59 Å². The van der Waals surface area contributed by atoms with Crippen LogP contribution in [-0.2, 0) is 0 Å². The van der Waals surface area contributed by atoms with E-state index in [-0.39, 0.29) is 0 Å². The van der Waals surface area contributed by atoms with Gasteiger partial charge in [-0.1, -0.05) is 36.4 Å².